The van der Waals surface area contributed by atoms with Crippen LogP contribution in [0.4, 0.5) is 5.69 Å². The molecule has 4 nitrogen and oxygen atoms in total. The first-order valence-corrected chi connectivity index (χ1v) is 9.21. The van der Waals surface area contributed by atoms with Crippen LogP contribution < -0.4 is 5.32 Å². The number of halogens is 1. The van der Waals surface area contributed by atoms with Crippen molar-refractivity contribution in [3.05, 3.63) is 87.7 Å². The Hall–Kier alpha value is -3.10. The molecule has 0 unspecified atom stereocenters. The highest BCUT2D eigenvalue weighted by Gasteiger charge is 2.12. The maximum absolute atomic E-state index is 12.5. The van der Waals surface area contributed by atoms with E-state index in [4.69, 9.17) is 0 Å². The molecule has 134 valence electrons. The van der Waals surface area contributed by atoms with Gasteiger partial charge in [0.05, 0.1) is 0 Å². The largest absolute Gasteiger partial charge is 0.321 e. The summed E-state index contributed by atoms with van der Waals surface area (Å²) in [5.74, 6) is -0.427. The molecule has 0 atom stereocenters. The lowest BCUT2D eigenvalue weighted by Gasteiger charge is -2.09. The molecule has 0 aliphatic rings. The molecule has 27 heavy (non-hydrogen) atoms. The van der Waals surface area contributed by atoms with Crippen LogP contribution in [0.1, 0.15) is 16.8 Å². The van der Waals surface area contributed by atoms with Crippen LogP contribution in [0.25, 0.3) is 11.8 Å². The number of amides is 1. The summed E-state index contributed by atoms with van der Waals surface area (Å²) in [6.45, 7) is 3.99. The van der Waals surface area contributed by atoms with Gasteiger partial charge in [0.15, 0.2) is 0 Å². The Morgan fingerprint density at radius 1 is 1.11 bits per heavy atom. The molecule has 0 saturated carbocycles. The third-order valence-electron chi connectivity index (χ3n) is 4.31. The van der Waals surface area contributed by atoms with Crippen molar-refractivity contribution in [3.63, 3.8) is 0 Å². The standard InChI is InChI=1S/C22H18BrN3O/c1-15-5-8-19(12-16(15)2)25-22(27)17(14-24)13-21-4-3-11-26(21)20-9-6-18(23)7-10-20/h3-13H,1-2H3,(H,25,27)/b17-13-. The van der Waals surface area contributed by atoms with Gasteiger partial charge in [-0.3, -0.25) is 4.79 Å². The molecule has 0 aliphatic heterocycles. The summed E-state index contributed by atoms with van der Waals surface area (Å²) in [7, 11) is 0. The van der Waals surface area contributed by atoms with Crippen LogP contribution in [0.5, 0.6) is 0 Å². The fourth-order valence-corrected chi connectivity index (χ4v) is 2.93. The second-order valence-electron chi connectivity index (χ2n) is 6.20. The molecule has 3 aromatic rings. The average Bonchev–Trinajstić information content (AvgIpc) is 3.11. The van der Waals surface area contributed by atoms with Crippen molar-refractivity contribution < 1.29 is 4.79 Å². The number of nitrogens with one attached hydrogen (secondary N) is 1. The van der Waals surface area contributed by atoms with Crippen molar-refractivity contribution in [2.75, 3.05) is 5.32 Å². The topological polar surface area (TPSA) is 57.8 Å². The second-order valence-corrected chi connectivity index (χ2v) is 7.12. The Labute approximate surface area is 166 Å². The zero-order chi connectivity index (χ0) is 19.4. The molecule has 1 heterocycles. The van der Waals surface area contributed by atoms with Gasteiger partial charge in [-0.25, -0.2) is 0 Å². The van der Waals surface area contributed by atoms with E-state index >= 15 is 0 Å². The lowest BCUT2D eigenvalue weighted by molar-refractivity contribution is -0.112. The number of anilines is 1. The normalized spacial score (nSPS) is 11.1. The zero-order valence-electron chi connectivity index (χ0n) is 15.0. The summed E-state index contributed by atoms with van der Waals surface area (Å²) in [5, 5.41) is 12.3. The fraction of sp³-hybridized carbons (Fsp3) is 0.0909. The molecular formula is C22H18BrN3O. The number of carbonyl (C=O) groups excluding carboxylic acids is 1. The molecule has 2 aromatic carbocycles. The summed E-state index contributed by atoms with van der Waals surface area (Å²) in [6.07, 6.45) is 3.49. The Kier molecular flexibility index (Phi) is 5.58. The first-order chi connectivity index (χ1) is 13.0. The van der Waals surface area contributed by atoms with Crippen LogP contribution in [0, 0.1) is 25.2 Å². The van der Waals surface area contributed by atoms with Gasteiger partial charge >= 0.3 is 0 Å². The molecule has 0 fully saturated rings. The fourth-order valence-electron chi connectivity index (χ4n) is 2.66. The molecule has 0 bridgehead atoms. The molecule has 0 spiro atoms. The number of nitriles is 1. The van der Waals surface area contributed by atoms with E-state index in [0.717, 1.165) is 27.0 Å². The van der Waals surface area contributed by atoms with Crippen LogP contribution in [0.15, 0.2) is 70.8 Å². The van der Waals surface area contributed by atoms with E-state index in [2.05, 4.69) is 21.2 Å². The maximum atomic E-state index is 12.5. The first-order valence-electron chi connectivity index (χ1n) is 8.41. The van der Waals surface area contributed by atoms with Gasteiger partial charge in [0.2, 0.25) is 0 Å². The molecular weight excluding hydrogens is 402 g/mol. The lowest BCUT2D eigenvalue weighted by atomic mass is 10.1. The van der Waals surface area contributed by atoms with Crippen LogP contribution in [0.3, 0.4) is 0 Å². The molecule has 0 radical (unpaired) electrons. The molecule has 1 aromatic heterocycles. The summed E-state index contributed by atoms with van der Waals surface area (Å²) in [6, 6.07) is 19.2. The SMILES string of the molecule is Cc1ccc(NC(=O)/C(C#N)=C\c2cccn2-c2ccc(Br)cc2)cc1C. The van der Waals surface area contributed by atoms with E-state index in [1.807, 2.05) is 85.3 Å². The van der Waals surface area contributed by atoms with E-state index in [0.29, 0.717) is 5.69 Å². The first kappa shape index (κ1) is 18.7. The molecule has 3 rings (SSSR count). The Balaban J connectivity index is 1.87. The van der Waals surface area contributed by atoms with Crippen LogP contribution in [0.2, 0.25) is 0 Å². The molecule has 1 amide bonds. The minimum atomic E-state index is -0.427. The van der Waals surface area contributed by atoms with Crippen LogP contribution >= 0.6 is 15.9 Å². The van der Waals surface area contributed by atoms with Crippen molar-refractivity contribution >= 4 is 33.6 Å². The third kappa shape index (κ3) is 4.36. The number of aryl methyl sites for hydroxylation is 2. The predicted molar refractivity (Wildman–Crippen MR) is 112 cm³/mol. The minimum absolute atomic E-state index is 0.0466. The van der Waals surface area contributed by atoms with Gasteiger partial charge in [-0.15, -0.1) is 0 Å². The summed E-state index contributed by atoms with van der Waals surface area (Å²) in [5.41, 5.74) is 4.65. The van der Waals surface area contributed by atoms with Crippen LogP contribution in [-0.2, 0) is 4.79 Å². The van der Waals surface area contributed by atoms with Gasteiger partial charge in [0.1, 0.15) is 11.6 Å². The number of hydrogen-bond acceptors (Lipinski definition) is 2. The van der Waals surface area contributed by atoms with Gasteiger partial charge in [-0.05, 0) is 79.6 Å². The van der Waals surface area contributed by atoms with E-state index in [1.54, 1.807) is 6.08 Å². The van der Waals surface area contributed by atoms with Crippen molar-refractivity contribution in [3.8, 4) is 11.8 Å². The van der Waals surface area contributed by atoms with E-state index in [1.165, 1.54) is 0 Å². The van der Waals surface area contributed by atoms with Crippen molar-refractivity contribution in [2.45, 2.75) is 13.8 Å². The number of carbonyl (C=O) groups is 1. The summed E-state index contributed by atoms with van der Waals surface area (Å²) < 4.78 is 2.91. The zero-order valence-corrected chi connectivity index (χ0v) is 16.6. The van der Waals surface area contributed by atoms with Crippen molar-refractivity contribution in [1.82, 2.24) is 4.57 Å². The number of aromatic nitrogens is 1. The smallest absolute Gasteiger partial charge is 0.266 e. The van der Waals surface area contributed by atoms with E-state index in [-0.39, 0.29) is 5.57 Å². The highest BCUT2D eigenvalue weighted by Crippen LogP contribution is 2.19. The summed E-state index contributed by atoms with van der Waals surface area (Å²) >= 11 is 3.42. The summed E-state index contributed by atoms with van der Waals surface area (Å²) in [4.78, 5) is 12.5. The van der Waals surface area contributed by atoms with E-state index < -0.39 is 5.91 Å². The predicted octanol–water partition coefficient (Wildman–Crippen LogP) is 5.40. The molecule has 5 heteroatoms. The minimum Gasteiger partial charge on any atom is -0.321 e. The molecule has 1 N–H and O–H groups in total. The Morgan fingerprint density at radius 2 is 1.85 bits per heavy atom. The van der Waals surface area contributed by atoms with Gasteiger partial charge < -0.3 is 9.88 Å². The highest BCUT2D eigenvalue weighted by atomic mass is 79.9. The van der Waals surface area contributed by atoms with E-state index in [9.17, 15) is 10.1 Å². The lowest BCUT2D eigenvalue weighted by Crippen LogP contribution is -2.14. The average molecular weight is 420 g/mol. The van der Waals surface area contributed by atoms with Crippen LogP contribution in [-0.4, -0.2) is 10.5 Å². The number of hydrogen-bond donors (Lipinski definition) is 1. The monoisotopic (exact) mass is 419 g/mol. The molecule has 0 saturated heterocycles. The number of nitrogens with zero attached hydrogens (tertiary/aromatic N) is 2. The Bertz CT molecular complexity index is 1060. The van der Waals surface area contributed by atoms with Crippen molar-refractivity contribution in [1.29, 1.82) is 5.26 Å². The van der Waals surface area contributed by atoms with Gasteiger partial charge in [-0.2, -0.15) is 5.26 Å². The van der Waals surface area contributed by atoms with Gasteiger partial charge in [0.25, 0.3) is 5.91 Å². The van der Waals surface area contributed by atoms with Gasteiger partial charge in [0, 0.05) is 27.7 Å². The number of benzene rings is 2. The van der Waals surface area contributed by atoms with Gasteiger partial charge in [-0.1, -0.05) is 22.0 Å². The Morgan fingerprint density at radius 3 is 2.52 bits per heavy atom. The quantitative estimate of drug-likeness (QED) is 0.454. The second kappa shape index (κ2) is 8.07. The maximum Gasteiger partial charge on any atom is 0.266 e. The van der Waals surface area contributed by atoms with Crippen molar-refractivity contribution in [2.24, 2.45) is 0 Å². The number of rotatable bonds is 4. The third-order valence-corrected chi connectivity index (χ3v) is 4.84. The highest BCUT2D eigenvalue weighted by molar-refractivity contribution is 9.10. The molecule has 0 aliphatic carbocycles.